The van der Waals surface area contributed by atoms with Crippen LogP contribution < -0.4 is 0 Å². The van der Waals surface area contributed by atoms with Gasteiger partial charge in [-0.2, -0.15) is 0 Å². The molecule has 0 N–H and O–H groups in total. The topological polar surface area (TPSA) is 24.8 Å². The highest BCUT2D eigenvalue weighted by Gasteiger charge is 2.54. The van der Waals surface area contributed by atoms with Crippen molar-refractivity contribution >= 4 is 28.9 Å². The van der Waals surface area contributed by atoms with Gasteiger partial charge in [-0.3, -0.25) is 4.90 Å². The van der Waals surface area contributed by atoms with E-state index in [-0.39, 0.29) is 5.60 Å². The summed E-state index contributed by atoms with van der Waals surface area (Å²) in [6.45, 7) is 7.08. The van der Waals surface area contributed by atoms with Crippen molar-refractivity contribution in [3.63, 3.8) is 0 Å². The van der Waals surface area contributed by atoms with Crippen molar-refractivity contribution in [3.8, 4) is 0 Å². The van der Waals surface area contributed by atoms with Gasteiger partial charge in [0.05, 0.1) is 15.8 Å². The summed E-state index contributed by atoms with van der Waals surface area (Å²) in [4.78, 5) is 8.41. The predicted octanol–water partition coefficient (Wildman–Crippen LogP) is 5.11. The van der Waals surface area contributed by atoms with Crippen LogP contribution in [0.15, 0.2) is 23.4 Å². The van der Waals surface area contributed by atoms with Crippen LogP contribution in [0.5, 0.6) is 0 Å². The highest BCUT2D eigenvalue weighted by atomic mass is 35.5. The molecule has 0 saturated carbocycles. The molecule has 3 aliphatic rings. The molecule has 3 nitrogen and oxygen atoms in total. The van der Waals surface area contributed by atoms with Gasteiger partial charge in [-0.1, -0.05) is 34.4 Å². The minimum atomic E-state index is -0.253. The molecular weight excluding hydrogens is 343 g/mol. The molecule has 1 aromatic rings. The molecule has 0 amide bonds. The molecule has 3 saturated heterocycles. The molecule has 0 spiro atoms. The van der Waals surface area contributed by atoms with Crippen molar-refractivity contribution in [2.45, 2.75) is 63.6 Å². The van der Waals surface area contributed by atoms with Crippen molar-refractivity contribution in [2.75, 3.05) is 6.54 Å². The fraction of sp³-hybridized carbons (Fsp3) is 0.632. The average molecular weight is 367 g/mol. The Morgan fingerprint density at radius 3 is 2.67 bits per heavy atom. The van der Waals surface area contributed by atoms with E-state index < -0.39 is 0 Å². The van der Waals surface area contributed by atoms with E-state index in [0.29, 0.717) is 34.0 Å². The Labute approximate surface area is 153 Å². The number of oxime groups is 1. The smallest absolute Gasteiger partial charge is 0.129 e. The van der Waals surface area contributed by atoms with Gasteiger partial charge in [-0.15, -0.1) is 0 Å². The maximum absolute atomic E-state index is 6.28. The standard InChI is InChI=1S/C19H24Cl2N2O/c1-19(2,3)24-22-16-10-23-12-5-7-17(23)18(16)13(9-12)11-4-6-14(20)15(21)8-11/h4,6,8,12-13,17-18H,5,7,9-10H2,1-3H3/b22-16+/t12-,13+,17+,18+/m0/s1. The molecule has 1 unspecified atom stereocenters. The summed E-state index contributed by atoms with van der Waals surface area (Å²) in [7, 11) is 0. The Hall–Kier alpha value is -0.770. The van der Waals surface area contributed by atoms with Crippen LogP contribution in [0.25, 0.3) is 0 Å². The highest BCUT2D eigenvalue weighted by molar-refractivity contribution is 6.42. The molecule has 4 rings (SSSR count). The summed E-state index contributed by atoms with van der Waals surface area (Å²) in [6.07, 6.45) is 3.74. The summed E-state index contributed by atoms with van der Waals surface area (Å²) in [5.74, 6) is 0.890. The molecule has 0 aromatic heterocycles. The second-order valence-electron chi connectivity index (χ2n) is 8.30. The number of hydrogen-bond acceptors (Lipinski definition) is 3. The third kappa shape index (κ3) is 2.85. The van der Waals surface area contributed by atoms with Gasteiger partial charge in [0.1, 0.15) is 5.60 Å². The van der Waals surface area contributed by atoms with Crippen LogP contribution in [-0.4, -0.2) is 34.8 Å². The van der Waals surface area contributed by atoms with Crippen molar-refractivity contribution in [3.05, 3.63) is 33.8 Å². The van der Waals surface area contributed by atoms with Crippen LogP contribution >= 0.6 is 23.2 Å². The van der Waals surface area contributed by atoms with Gasteiger partial charge < -0.3 is 4.84 Å². The van der Waals surface area contributed by atoms with Crippen LogP contribution in [0.1, 0.15) is 51.5 Å². The highest BCUT2D eigenvalue weighted by Crippen LogP contribution is 2.51. The zero-order chi connectivity index (χ0) is 17.1. The third-order valence-corrected chi connectivity index (χ3v) is 6.34. The van der Waals surface area contributed by atoms with Gasteiger partial charge in [-0.05, 0) is 63.6 Å². The van der Waals surface area contributed by atoms with Crippen molar-refractivity contribution in [2.24, 2.45) is 11.1 Å². The van der Waals surface area contributed by atoms with Gasteiger partial charge in [0.15, 0.2) is 0 Å². The lowest BCUT2D eigenvalue weighted by Crippen LogP contribution is -2.40. The van der Waals surface area contributed by atoms with E-state index >= 15 is 0 Å². The van der Waals surface area contributed by atoms with Gasteiger partial charge in [0.25, 0.3) is 0 Å². The van der Waals surface area contributed by atoms with Crippen molar-refractivity contribution in [1.29, 1.82) is 0 Å². The van der Waals surface area contributed by atoms with E-state index in [1.165, 1.54) is 30.5 Å². The number of hydrogen-bond donors (Lipinski definition) is 0. The number of piperidine rings is 1. The second-order valence-corrected chi connectivity index (χ2v) is 9.11. The largest absolute Gasteiger partial charge is 0.390 e. The predicted molar refractivity (Wildman–Crippen MR) is 99.1 cm³/mol. The second kappa shape index (κ2) is 5.89. The van der Waals surface area contributed by atoms with Gasteiger partial charge >= 0.3 is 0 Å². The molecule has 3 fully saturated rings. The van der Waals surface area contributed by atoms with Crippen molar-refractivity contribution in [1.82, 2.24) is 4.90 Å². The molecule has 0 aliphatic carbocycles. The van der Waals surface area contributed by atoms with E-state index in [4.69, 9.17) is 28.0 Å². The molecule has 3 aliphatic heterocycles. The molecular formula is C19H24Cl2N2O. The maximum Gasteiger partial charge on any atom is 0.129 e. The SMILES string of the molecule is CC(C)(C)O/N=C1\CN2[C@H]3CC[C@@H]2[C@@H]1[C@@H](c1ccc(Cl)c(Cl)c1)C3. The average Bonchev–Trinajstić information content (AvgIpc) is 2.92. The Morgan fingerprint density at radius 2 is 1.96 bits per heavy atom. The minimum Gasteiger partial charge on any atom is -0.390 e. The van der Waals surface area contributed by atoms with Crippen LogP contribution in [-0.2, 0) is 4.84 Å². The van der Waals surface area contributed by atoms with Crippen LogP contribution in [0.3, 0.4) is 0 Å². The van der Waals surface area contributed by atoms with Gasteiger partial charge in [0, 0.05) is 24.5 Å². The van der Waals surface area contributed by atoms with Gasteiger partial charge in [0.2, 0.25) is 0 Å². The monoisotopic (exact) mass is 366 g/mol. The number of halogens is 2. The lowest BCUT2D eigenvalue weighted by atomic mass is 9.77. The summed E-state index contributed by atoms with van der Waals surface area (Å²) in [5, 5.41) is 5.85. The molecule has 24 heavy (non-hydrogen) atoms. The first-order valence-corrected chi connectivity index (χ1v) is 9.55. The maximum atomic E-state index is 6.28. The Kier molecular flexibility index (Phi) is 4.10. The molecule has 3 heterocycles. The molecule has 0 radical (unpaired) electrons. The fourth-order valence-electron chi connectivity index (χ4n) is 4.68. The van der Waals surface area contributed by atoms with E-state index in [1.54, 1.807) is 0 Å². The first-order chi connectivity index (χ1) is 11.3. The molecule has 5 atom stereocenters. The van der Waals surface area contributed by atoms with Crippen LogP contribution in [0.4, 0.5) is 0 Å². The van der Waals surface area contributed by atoms with E-state index in [9.17, 15) is 0 Å². The van der Waals surface area contributed by atoms with Gasteiger partial charge in [-0.25, -0.2) is 0 Å². The summed E-state index contributed by atoms with van der Waals surface area (Å²) in [5.41, 5.74) is 2.24. The summed E-state index contributed by atoms with van der Waals surface area (Å²) < 4.78 is 0. The lowest BCUT2D eigenvalue weighted by molar-refractivity contribution is -0.0000557. The van der Waals surface area contributed by atoms with E-state index in [1.807, 2.05) is 32.9 Å². The van der Waals surface area contributed by atoms with Crippen LogP contribution in [0, 0.1) is 5.92 Å². The lowest BCUT2D eigenvalue weighted by Gasteiger charge is -2.37. The Bertz CT molecular complexity index is 682. The van der Waals surface area contributed by atoms with E-state index in [2.05, 4.69) is 16.1 Å². The quantitative estimate of drug-likeness (QED) is 0.678. The fourth-order valence-corrected chi connectivity index (χ4v) is 4.98. The van der Waals surface area contributed by atoms with Crippen LogP contribution in [0.2, 0.25) is 10.0 Å². The first kappa shape index (κ1) is 16.7. The molecule has 4 bridgehead atoms. The third-order valence-electron chi connectivity index (χ3n) is 5.60. The molecule has 130 valence electrons. The number of benzene rings is 1. The zero-order valence-electron chi connectivity index (χ0n) is 14.4. The summed E-state index contributed by atoms with van der Waals surface area (Å²) in [6, 6.07) is 7.36. The number of nitrogens with zero attached hydrogens (tertiary/aromatic N) is 2. The first-order valence-electron chi connectivity index (χ1n) is 8.79. The Morgan fingerprint density at radius 1 is 1.17 bits per heavy atom. The van der Waals surface area contributed by atoms with E-state index in [0.717, 1.165) is 6.54 Å². The molecule has 1 aromatic carbocycles. The minimum absolute atomic E-state index is 0.253. The zero-order valence-corrected chi connectivity index (χ0v) is 15.9. The summed E-state index contributed by atoms with van der Waals surface area (Å²) >= 11 is 12.4. The Balaban J connectivity index is 1.68. The normalized spacial score (nSPS) is 36.4. The molecule has 5 heteroatoms. The van der Waals surface area contributed by atoms with Crippen molar-refractivity contribution < 1.29 is 4.84 Å². The number of rotatable bonds is 2.